The molecule has 252 valence electrons. The highest BCUT2D eigenvalue weighted by Gasteiger charge is 2.60. The summed E-state index contributed by atoms with van der Waals surface area (Å²) in [6.07, 6.45) is -6.82. The van der Waals surface area contributed by atoms with Crippen molar-refractivity contribution in [2.75, 3.05) is 11.5 Å². The number of aliphatic hydroxyl groups is 2. The van der Waals surface area contributed by atoms with E-state index in [2.05, 4.69) is 29.9 Å². The van der Waals surface area contributed by atoms with Crippen molar-refractivity contribution in [2.45, 2.75) is 107 Å². The Labute approximate surface area is 263 Å². The maximum absolute atomic E-state index is 12.4. The molecule has 2 unspecified atom stereocenters. The van der Waals surface area contributed by atoms with Crippen LogP contribution < -0.4 is 22.6 Å². The molecule has 4 saturated heterocycles. The van der Waals surface area contributed by atoms with Crippen LogP contribution in [0.25, 0.3) is 22.3 Å². The first-order valence-corrected chi connectivity index (χ1v) is 15.0. The molecule has 0 saturated carbocycles. The van der Waals surface area contributed by atoms with Crippen molar-refractivity contribution in [1.29, 1.82) is 0 Å². The second-order valence-electron chi connectivity index (χ2n) is 13.0. The quantitative estimate of drug-likeness (QED) is 0.136. The van der Waals surface area contributed by atoms with Gasteiger partial charge in [-0.3, -0.25) is 28.7 Å². The van der Waals surface area contributed by atoms with Gasteiger partial charge in [0.15, 0.2) is 46.4 Å². The largest absolute Gasteiger partial charge is 0.390 e. The fourth-order valence-electron chi connectivity index (χ4n) is 7.06. The molecule has 4 aromatic rings. The number of aliphatic hydroxyl groups excluding tert-OH is 2. The number of nitrogens with two attached hydrogens (primary N) is 2. The van der Waals surface area contributed by atoms with Crippen LogP contribution in [-0.2, 0) is 28.4 Å². The Kier molecular flexibility index (Phi) is 6.61. The molecule has 8 N–H and O–H groups in total. The van der Waals surface area contributed by atoms with E-state index in [0.717, 1.165) is 0 Å². The van der Waals surface area contributed by atoms with Gasteiger partial charge >= 0.3 is 0 Å². The van der Waals surface area contributed by atoms with E-state index in [1.54, 1.807) is 27.7 Å². The van der Waals surface area contributed by atoms with Crippen molar-refractivity contribution in [1.82, 2.24) is 39.0 Å². The zero-order valence-corrected chi connectivity index (χ0v) is 25.6. The molecule has 20 heteroatoms. The molecule has 0 radical (unpaired) electrons. The molecular formula is C27H34N10O10. The fourth-order valence-corrected chi connectivity index (χ4v) is 7.06. The predicted molar refractivity (Wildman–Crippen MR) is 157 cm³/mol. The third-order valence-electron chi connectivity index (χ3n) is 8.82. The second kappa shape index (κ2) is 10.2. The minimum absolute atomic E-state index is 0.0503. The van der Waals surface area contributed by atoms with Gasteiger partial charge in [-0.25, -0.2) is 9.97 Å². The Balaban J connectivity index is 1.06. The molecule has 8 rings (SSSR count). The molecule has 47 heavy (non-hydrogen) atoms. The Morgan fingerprint density at radius 2 is 1.13 bits per heavy atom. The van der Waals surface area contributed by atoms with Crippen LogP contribution in [0.15, 0.2) is 22.2 Å². The van der Waals surface area contributed by atoms with E-state index < -0.39 is 84.0 Å². The number of aromatic nitrogens is 8. The van der Waals surface area contributed by atoms with Crippen molar-refractivity contribution in [3.05, 3.63) is 33.4 Å². The van der Waals surface area contributed by atoms with E-state index >= 15 is 0 Å². The third-order valence-corrected chi connectivity index (χ3v) is 8.82. The molecule has 4 fully saturated rings. The van der Waals surface area contributed by atoms with Gasteiger partial charge in [-0.15, -0.1) is 0 Å². The minimum Gasteiger partial charge on any atom is -0.390 e. The van der Waals surface area contributed by atoms with Gasteiger partial charge in [0, 0.05) is 6.42 Å². The van der Waals surface area contributed by atoms with Gasteiger partial charge in [0.2, 0.25) is 11.9 Å². The van der Waals surface area contributed by atoms with Crippen molar-refractivity contribution in [3.8, 4) is 0 Å². The summed E-state index contributed by atoms with van der Waals surface area (Å²) >= 11 is 0. The number of H-pyrrole nitrogens is 2. The van der Waals surface area contributed by atoms with E-state index in [0.29, 0.717) is 0 Å². The lowest BCUT2D eigenvalue weighted by Gasteiger charge is -2.30. The minimum atomic E-state index is -1.29. The number of hydrogen-bond donors (Lipinski definition) is 6. The van der Waals surface area contributed by atoms with Gasteiger partial charge in [0.25, 0.3) is 11.1 Å². The van der Waals surface area contributed by atoms with E-state index in [1.165, 1.54) is 21.8 Å². The molecule has 20 nitrogen and oxygen atoms in total. The van der Waals surface area contributed by atoms with Crippen molar-refractivity contribution in [3.63, 3.8) is 0 Å². The van der Waals surface area contributed by atoms with Crippen LogP contribution in [0, 0.1) is 0 Å². The van der Waals surface area contributed by atoms with E-state index in [9.17, 15) is 19.8 Å². The molecule has 0 aliphatic carbocycles. The number of anilines is 2. The molecule has 0 spiro atoms. The number of ether oxygens (including phenoxy) is 6. The average Bonchev–Trinajstić information content (AvgIpc) is 3.79. The molecule has 8 heterocycles. The Morgan fingerprint density at radius 3 is 1.53 bits per heavy atom. The molecule has 4 aromatic heterocycles. The first-order valence-electron chi connectivity index (χ1n) is 15.0. The maximum Gasteiger partial charge on any atom is 0.280 e. The number of fused-ring (bicyclic) bond motifs is 4. The standard InChI is InChI=1S/C27H34N10O10/c1-26(2)44-14-12(42-22(16(14)46-26)36-6-30-10-18(36)32-24(28)34-20(10)40)8(38)5-9(39)13-15-17(47-27(3,4)45-15)23(43-13)37-7-31-11-19(37)33-25(29)35-21(11)41/h6-9,12-17,22-23,38-39H,5H2,1-4H3,(H3,28,32,34,40)(H3,29,33,35,41)/t8?,9?,12-,13-,14-,15-,16-,17-,22-,23-/m1/s1. The summed E-state index contributed by atoms with van der Waals surface area (Å²) in [4.78, 5) is 46.4. The highest BCUT2D eigenvalue weighted by atomic mass is 16.8. The van der Waals surface area contributed by atoms with Gasteiger partial charge in [-0.1, -0.05) is 0 Å². The summed E-state index contributed by atoms with van der Waals surface area (Å²) in [6, 6.07) is 0. The first-order chi connectivity index (χ1) is 22.2. The van der Waals surface area contributed by atoms with Crippen LogP contribution in [-0.4, -0.2) is 110 Å². The van der Waals surface area contributed by atoms with Crippen LogP contribution in [0.4, 0.5) is 11.9 Å². The van der Waals surface area contributed by atoms with E-state index in [4.69, 9.17) is 39.9 Å². The lowest BCUT2D eigenvalue weighted by molar-refractivity contribution is -0.216. The van der Waals surface area contributed by atoms with Crippen LogP contribution in [0.3, 0.4) is 0 Å². The molecule has 4 aliphatic rings. The van der Waals surface area contributed by atoms with Gasteiger partial charge in [0.05, 0.1) is 24.9 Å². The number of imidazole rings is 2. The van der Waals surface area contributed by atoms with Crippen LogP contribution in [0.1, 0.15) is 46.6 Å². The fraction of sp³-hybridized carbons (Fsp3) is 0.630. The van der Waals surface area contributed by atoms with Gasteiger partial charge in [-0.05, 0) is 27.7 Å². The summed E-state index contributed by atoms with van der Waals surface area (Å²) in [5.74, 6) is -2.27. The third kappa shape index (κ3) is 4.82. The van der Waals surface area contributed by atoms with E-state index in [1.807, 2.05) is 0 Å². The summed E-state index contributed by atoms with van der Waals surface area (Å²) in [6.45, 7) is 6.93. The number of aromatic amines is 2. The summed E-state index contributed by atoms with van der Waals surface area (Å²) in [5.41, 5.74) is 11.0. The average molecular weight is 659 g/mol. The molecular weight excluding hydrogens is 624 g/mol. The lowest BCUT2D eigenvalue weighted by Crippen LogP contribution is -2.45. The first kappa shape index (κ1) is 30.3. The molecule has 0 amide bonds. The van der Waals surface area contributed by atoms with Crippen LogP contribution in [0.5, 0.6) is 0 Å². The summed E-state index contributed by atoms with van der Waals surface area (Å²) in [5, 5.41) is 23.1. The van der Waals surface area contributed by atoms with Crippen molar-refractivity contribution in [2.24, 2.45) is 0 Å². The molecule has 10 atom stereocenters. The van der Waals surface area contributed by atoms with Crippen LogP contribution >= 0.6 is 0 Å². The number of nitrogen functional groups attached to an aromatic ring is 2. The number of rotatable bonds is 6. The van der Waals surface area contributed by atoms with Gasteiger partial charge in [0.1, 0.15) is 36.6 Å². The highest BCUT2D eigenvalue weighted by molar-refractivity contribution is 5.71. The monoisotopic (exact) mass is 658 g/mol. The summed E-state index contributed by atoms with van der Waals surface area (Å²) in [7, 11) is 0. The zero-order valence-electron chi connectivity index (χ0n) is 25.6. The maximum atomic E-state index is 12.4. The van der Waals surface area contributed by atoms with Crippen molar-refractivity contribution < 1.29 is 38.6 Å². The number of hydrogen-bond acceptors (Lipinski definition) is 16. The predicted octanol–water partition coefficient (Wildman–Crippen LogP) is -1.64. The SMILES string of the molecule is CC1(C)O[C@@H]2[C@H](O1)[C@@H](C(O)CC(O)[C@H]1O[C@@H](n3cnc4c(=O)[nH]c(N)nc43)[C@@H]3OC(C)(C)O[C@@H]31)O[C@H]2n1cnc2c(=O)[nH]c(N)nc21. The number of nitrogens with one attached hydrogen (secondary N) is 2. The topological polar surface area (TPSA) is 275 Å². The molecule has 0 aromatic carbocycles. The van der Waals surface area contributed by atoms with Crippen molar-refractivity contribution >= 4 is 34.2 Å². The lowest BCUT2D eigenvalue weighted by atomic mass is 9.96. The molecule has 4 aliphatic heterocycles. The smallest absolute Gasteiger partial charge is 0.280 e. The second-order valence-corrected chi connectivity index (χ2v) is 13.0. The van der Waals surface area contributed by atoms with Gasteiger partial charge < -0.3 is 50.1 Å². The highest BCUT2D eigenvalue weighted by Crippen LogP contribution is 2.47. The van der Waals surface area contributed by atoms with Crippen LogP contribution in [0.2, 0.25) is 0 Å². The normalized spacial score (nSPS) is 33.8. The van der Waals surface area contributed by atoms with Gasteiger partial charge in [-0.2, -0.15) is 9.97 Å². The van der Waals surface area contributed by atoms with E-state index in [-0.39, 0.29) is 40.6 Å². The Hall–Kier alpha value is -4.02. The molecule has 0 bridgehead atoms. The summed E-state index contributed by atoms with van der Waals surface area (Å²) < 4.78 is 40.3. The Bertz CT molecular complexity index is 1850. The Morgan fingerprint density at radius 1 is 0.745 bits per heavy atom. The number of nitrogens with zero attached hydrogens (tertiary/aromatic N) is 6. The zero-order chi connectivity index (χ0) is 33.2.